The molecule has 0 aromatic carbocycles. The average molecular weight is 289 g/mol. The monoisotopic (exact) mass is 289 g/mol. The molecule has 2 N–H and O–H groups in total. The summed E-state index contributed by atoms with van der Waals surface area (Å²) < 4.78 is 0. The second kappa shape index (κ2) is 6.06. The van der Waals surface area contributed by atoms with E-state index in [0.717, 1.165) is 30.9 Å². The highest BCUT2D eigenvalue weighted by molar-refractivity contribution is 7.15. The first-order valence-corrected chi connectivity index (χ1v) is 7.40. The van der Waals surface area contributed by atoms with E-state index in [9.17, 15) is 4.79 Å². The number of piperidine rings is 1. The van der Waals surface area contributed by atoms with Crippen LogP contribution in [0.5, 0.6) is 0 Å². The molecule has 0 spiro atoms. The van der Waals surface area contributed by atoms with Crippen LogP contribution >= 0.6 is 11.3 Å². The van der Waals surface area contributed by atoms with Crippen molar-refractivity contribution < 1.29 is 4.79 Å². The molecule has 3 rings (SSSR count). The van der Waals surface area contributed by atoms with Crippen molar-refractivity contribution in [2.45, 2.75) is 18.8 Å². The number of hydrogen-bond acceptors (Lipinski definition) is 6. The lowest BCUT2D eigenvalue weighted by Crippen LogP contribution is -2.28. The van der Waals surface area contributed by atoms with Gasteiger partial charge in [0.1, 0.15) is 5.01 Å². The molecule has 1 saturated heterocycles. The van der Waals surface area contributed by atoms with Crippen LogP contribution in [0.3, 0.4) is 0 Å². The first-order chi connectivity index (χ1) is 9.83. The fourth-order valence-corrected chi connectivity index (χ4v) is 3.05. The van der Waals surface area contributed by atoms with Crippen LogP contribution in [0.2, 0.25) is 0 Å². The van der Waals surface area contributed by atoms with Gasteiger partial charge in [0.25, 0.3) is 5.91 Å². The van der Waals surface area contributed by atoms with Crippen LogP contribution in [0.1, 0.15) is 34.1 Å². The van der Waals surface area contributed by atoms with Crippen LogP contribution in [0.25, 0.3) is 0 Å². The topological polar surface area (TPSA) is 79.8 Å². The molecule has 104 valence electrons. The van der Waals surface area contributed by atoms with Crippen LogP contribution in [-0.4, -0.2) is 34.2 Å². The van der Waals surface area contributed by atoms with Gasteiger partial charge in [-0.25, -0.2) is 0 Å². The summed E-state index contributed by atoms with van der Waals surface area (Å²) in [5.41, 5.74) is 0.517. The molecular weight excluding hydrogens is 274 g/mol. The maximum atomic E-state index is 12.0. The number of carbonyl (C=O) groups excluding carboxylic acids is 1. The average Bonchev–Trinajstić information content (AvgIpc) is 2.97. The summed E-state index contributed by atoms with van der Waals surface area (Å²) in [6, 6.07) is 3.45. The van der Waals surface area contributed by atoms with Gasteiger partial charge in [-0.2, -0.15) is 0 Å². The van der Waals surface area contributed by atoms with Crippen molar-refractivity contribution >= 4 is 22.4 Å². The Kier molecular flexibility index (Phi) is 3.98. The molecular formula is C13H15N5OS. The van der Waals surface area contributed by atoms with Gasteiger partial charge in [-0.15, -0.1) is 10.2 Å². The second-order valence-electron chi connectivity index (χ2n) is 4.68. The van der Waals surface area contributed by atoms with E-state index in [1.807, 2.05) is 0 Å². The Labute approximate surface area is 120 Å². The summed E-state index contributed by atoms with van der Waals surface area (Å²) in [5.74, 6) is 0.202. The highest BCUT2D eigenvalue weighted by Gasteiger charge is 2.20. The molecule has 1 atom stereocenters. The molecule has 1 unspecified atom stereocenters. The third kappa shape index (κ3) is 3.00. The molecule has 0 radical (unpaired) electrons. The Morgan fingerprint density at radius 3 is 3.15 bits per heavy atom. The Morgan fingerprint density at radius 1 is 1.45 bits per heavy atom. The molecule has 1 amide bonds. The minimum atomic E-state index is -0.206. The maximum Gasteiger partial charge on any atom is 0.259 e. The van der Waals surface area contributed by atoms with E-state index in [1.54, 1.807) is 18.3 Å². The van der Waals surface area contributed by atoms with Crippen molar-refractivity contribution in [2.24, 2.45) is 0 Å². The minimum Gasteiger partial charge on any atom is -0.316 e. The van der Waals surface area contributed by atoms with Gasteiger partial charge < -0.3 is 5.32 Å². The van der Waals surface area contributed by atoms with Crippen molar-refractivity contribution in [3.8, 4) is 0 Å². The Morgan fingerprint density at radius 2 is 2.40 bits per heavy atom. The Balaban J connectivity index is 1.66. The van der Waals surface area contributed by atoms with Crippen molar-refractivity contribution in [3.63, 3.8) is 0 Å². The number of rotatable bonds is 3. The highest BCUT2D eigenvalue weighted by Crippen LogP contribution is 2.28. The molecule has 6 nitrogen and oxygen atoms in total. The molecule has 0 aliphatic carbocycles. The minimum absolute atomic E-state index is 0.206. The SMILES string of the molecule is O=C(Nc1nnc(C2CCCNC2)s1)c1cccnc1. The van der Waals surface area contributed by atoms with Crippen LogP contribution in [-0.2, 0) is 0 Å². The van der Waals surface area contributed by atoms with Crippen LogP contribution < -0.4 is 10.6 Å². The number of nitrogens with zero attached hydrogens (tertiary/aromatic N) is 3. The number of carbonyl (C=O) groups is 1. The summed E-state index contributed by atoms with van der Waals surface area (Å²) in [4.78, 5) is 15.9. The number of pyridine rings is 1. The van der Waals surface area contributed by atoms with E-state index in [4.69, 9.17) is 0 Å². The lowest BCUT2D eigenvalue weighted by molar-refractivity contribution is 0.102. The van der Waals surface area contributed by atoms with E-state index in [-0.39, 0.29) is 5.91 Å². The molecule has 2 aromatic rings. The van der Waals surface area contributed by atoms with Gasteiger partial charge in [-0.05, 0) is 31.5 Å². The van der Waals surface area contributed by atoms with Gasteiger partial charge in [-0.1, -0.05) is 11.3 Å². The lowest BCUT2D eigenvalue weighted by atomic mass is 10.0. The summed E-state index contributed by atoms with van der Waals surface area (Å²) in [5, 5.41) is 15.9. The van der Waals surface area contributed by atoms with Crippen LogP contribution in [0.15, 0.2) is 24.5 Å². The molecule has 1 aliphatic heterocycles. The molecule has 2 aromatic heterocycles. The van der Waals surface area contributed by atoms with E-state index >= 15 is 0 Å². The predicted octanol–water partition coefficient (Wildman–Crippen LogP) is 1.65. The van der Waals surface area contributed by atoms with Gasteiger partial charge in [0, 0.05) is 24.9 Å². The quantitative estimate of drug-likeness (QED) is 0.898. The first kappa shape index (κ1) is 13.1. The van der Waals surface area contributed by atoms with Crippen LogP contribution in [0, 0.1) is 0 Å². The van der Waals surface area contributed by atoms with Crippen LogP contribution in [0.4, 0.5) is 5.13 Å². The maximum absolute atomic E-state index is 12.0. The molecule has 3 heterocycles. The first-order valence-electron chi connectivity index (χ1n) is 6.58. The largest absolute Gasteiger partial charge is 0.316 e. The van der Waals surface area contributed by atoms with Gasteiger partial charge in [0.2, 0.25) is 5.13 Å². The van der Waals surface area contributed by atoms with Crippen molar-refractivity contribution in [1.82, 2.24) is 20.5 Å². The molecule has 0 saturated carbocycles. The number of nitrogens with one attached hydrogen (secondary N) is 2. The van der Waals surface area contributed by atoms with Gasteiger partial charge in [0.15, 0.2) is 0 Å². The van der Waals surface area contributed by atoms with Gasteiger partial charge >= 0.3 is 0 Å². The third-order valence-electron chi connectivity index (χ3n) is 3.23. The number of hydrogen-bond donors (Lipinski definition) is 2. The fraction of sp³-hybridized carbons (Fsp3) is 0.385. The fourth-order valence-electron chi connectivity index (χ4n) is 2.18. The van der Waals surface area contributed by atoms with E-state index < -0.39 is 0 Å². The molecule has 7 heteroatoms. The zero-order chi connectivity index (χ0) is 13.8. The summed E-state index contributed by atoms with van der Waals surface area (Å²) in [6.07, 6.45) is 5.44. The van der Waals surface area contributed by atoms with E-state index in [1.165, 1.54) is 17.5 Å². The molecule has 20 heavy (non-hydrogen) atoms. The second-order valence-corrected chi connectivity index (χ2v) is 5.69. The summed E-state index contributed by atoms with van der Waals surface area (Å²) in [7, 11) is 0. The molecule has 0 bridgehead atoms. The smallest absolute Gasteiger partial charge is 0.259 e. The van der Waals surface area contributed by atoms with Gasteiger partial charge in [0.05, 0.1) is 5.56 Å². The Hall–Kier alpha value is -1.86. The van der Waals surface area contributed by atoms with Crippen molar-refractivity contribution in [2.75, 3.05) is 18.4 Å². The van der Waals surface area contributed by atoms with Crippen molar-refractivity contribution in [3.05, 3.63) is 35.1 Å². The third-order valence-corrected chi connectivity index (χ3v) is 4.23. The zero-order valence-electron chi connectivity index (χ0n) is 10.9. The zero-order valence-corrected chi connectivity index (χ0v) is 11.7. The van der Waals surface area contributed by atoms with Gasteiger partial charge in [-0.3, -0.25) is 15.1 Å². The lowest BCUT2D eigenvalue weighted by Gasteiger charge is -2.19. The number of anilines is 1. The standard InChI is InChI=1S/C13H15N5OS/c19-11(9-3-1-5-14-7-9)16-13-18-17-12(20-13)10-4-2-6-15-8-10/h1,3,5,7,10,15H,2,4,6,8H2,(H,16,18,19). The van der Waals surface area contributed by atoms with Crippen molar-refractivity contribution in [1.29, 1.82) is 0 Å². The van der Waals surface area contributed by atoms with E-state index in [0.29, 0.717) is 16.6 Å². The predicted molar refractivity (Wildman–Crippen MR) is 76.9 cm³/mol. The number of amides is 1. The normalized spacial score (nSPS) is 18.7. The Bertz CT molecular complexity index is 579. The summed E-state index contributed by atoms with van der Waals surface area (Å²) in [6.45, 7) is 2.01. The highest BCUT2D eigenvalue weighted by atomic mass is 32.1. The summed E-state index contributed by atoms with van der Waals surface area (Å²) >= 11 is 1.45. The molecule has 1 aliphatic rings. The number of aromatic nitrogens is 3. The molecule has 1 fully saturated rings. The van der Waals surface area contributed by atoms with E-state index in [2.05, 4.69) is 25.8 Å².